The van der Waals surface area contributed by atoms with Crippen molar-refractivity contribution in [1.82, 2.24) is 19.6 Å². The predicted octanol–water partition coefficient (Wildman–Crippen LogP) is 1.33. The molecule has 2 aromatic heterocycles. The van der Waals surface area contributed by atoms with Gasteiger partial charge in [0, 0.05) is 24.4 Å². The number of aryl methyl sites for hydroxylation is 1. The highest BCUT2D eigenvalue weighted by Gasteiger charge is 2.01. The molecular weight excluding hydrogens is 164 g/mol. The molecule has 0 aromatic carbocycles. The lowest BCUT2D eigenvalue weighted by Gasteiger charge is -1.91. The lowest BCUT2D eigenvalue weighted by Crippen LogP contribution is -1.91. The summed E-state index contributed by atoms with van der Waals surface area (Å²) in [4.78, 5) is 8.35. The third-order valence-corrected chi connectivity index (χ3v) is 1.81. The molecule has 0 bridgehead atoms. The Labute approximate surface area is 75.9 Å². The summed E-state index contributed by atoms with van der Waals surface area (Å²) in [6.07, 6.45) is 6.16. The van der Waals surface area contributed by atoms with Gasteiger partial charge in [-0.2, -0.15) is 4.98 Å². The van der Waals surface area contributed by atoms with Crippen molar-refractivity contribution in [1.29, 1.82) is 0 Å². The lowest BCUT2D eigenvalue weighted by atomic mass is 10.3. The molecule has 2 heterocycles. The zero-order valence-corrected chi connectivity index (χ0v) is 7.44. The number of hydrogen-bond donors (Lipinski definition) is 0. The van der Waals surface area contributed by atoms with Gasteiger partial charge in [-0.1, -0.05) is 19.6 Å². The maximum atomic E-state index is 4.24. The van der Waals surface area contributed by atoms with Gasteiger partial charge in [0.15, 0.2) is 5.82 Å². The zero-order chi connectivity index (χ0) is 9.26. The fourth-order valence-electron chi connectivity index (χ4n) is 1.09. The Balaban J connectivity index is 2.63. The predicted molar refractivity (Wildman–Crippen MR) is 50.3 cm³/mol. The van der Waals surface area contributed by atoms with Crippen molar-refractivity contribution in [3.63, 3.8) is 0 Å². The van der Waals surface area contributed by atoms with Gasteiger partial charge in [-0.25, -0.2) is 9.50 Å². The average Bonchev–Trinajstić information content (AvgIpc) is 2.58. The van der Waals surface area contributed by atoms with E-state index >= 15 is 0 Å². The van der Waals surface area contributed by atoms with Gasteiger partial charge in [0.05, 0.1) is 0 Å². The summed E-state index contributed by atoms with van der Waals surface area (Å²) in [6, 6.07) is 0. The molecule has 0 radical (unpaired) electrons. The summed E-state index contributed by atoms with van der Waals surface area (Å²) in [7, 11) is 0. The molecule has 0 saturated carbocycles. The van der Waals surface area contributed by atoms with Gasteiger partial charge in [0.1, 0.15) is 0 Å². The van der Waals surface area contributed by atoms with Crippen LogP contribution in [-0.4, -0.2) is 19.6 Å². The Bertz CT molecular complexity index is 444. The van der Waals surface area contributed by atoms with E-state index in [0.29, 0.717) is 5.78 Å². The molecule has 0 amide bonds. The largest absolute Gasteiger partial charge is 0.252 e. The van der Waals surface area contributed by atoms with E-state index in [1.165, 1.54) is 0 Å². The van der Waals surface area contributed by atoms with Gasteiger partial charge in [-0.3, -0.25) is 0 Å². The molecule has 0 saturated heterocycles. The van der Waals surface area contributed by atoms with Gasteiger partial charge < -0.3 is 0 Å². The van der Waals surface area contributed by atoms with Crippen molar-refractivity contribution in [2.75, 3.05) is 0 Å². The van der Waals surface area contributed by atoms with Crippen molar-refractivity contribution in [2.45, 2.75) is 13.3 Å². The first-order valence-electron chi connectivity index (χ1n) is 4.17. The Morgan fingerprint density at radius 2 is 2.46 bits per heavy atom. The van der Waals surface area contributed by atoms with E-state index in [1.54, 1.807) is 16.8 Å². The maximum Gasteiger partial charge on any atom is 0.252 e. The van der Waals surface area contributed by atoms with Crippen molar-refractivity contribution < 1.29 is 0 Å². The standard InChI is InChI=1S/C9H10N4/c1-3-7-5-10-9-11-8(4-2)12-13(9)6-7/h3,5-6H,1,4H2,2H3. The average molecular weight is 174 g/mol. The van der Waals surface area contributed by atoms with Gasteiger partial charge in [0.25, 0.3) is 5.78 Å². The fraction of sp³-hybridized carbons (Fsp3) is 0.222. The smallest absolute Gasteiger partial charge is 0.219 e. The van der Waals surface area contributed by atoms with Gasteiger partial charge in [0.2, 0.25) is 0 Å². The third kappa shape index (κ3) is 1.30. The highest BCUT2D eigenvalue weighted by molar-refractivity contribution is 5.45. The van der Waals surface area contributed by atoms with Gasteiger partial charge in [-0.15, -0.1) is 5.10 Å². The van der Waals surface area contributed by atoms with Crippen LogP contribution in [0, 0.1) is 0 Å². The molecule has 4 heteroatoms. The van der Waals surface area contributed by atoms with Crippen LogP contribution in [0.4, 0.5) is 0 Å². The van der Waals surface area contributed by atoms with Crippen LogP contribution in [0.1, 0.15) is 18.3 Å². The van der Waals surface area contributed by atoms with E-state index < -0.39 is 0 Å². The summed E-state index contributed by atoms with van der Waals surface area (Å²) in [5, 5.41) is 4.24. The van der Waals surface area contributed by atoms with Crippen LogP contribution in [0.2, 0.25) is 0 Å². The SMILES string of the molecule is C=Cc1cnc2nc(CC)nn2c1. The lowest BCUT2D eigenvalue weighted by molar-refractivity contribution is 0.878. The Hall–Kier alpha value is -1.71. The van der Waals surface area contributed by atoms with Crippen LogP contribution in [0.25, 0.3) is 11.9 Å². The topological polar surface area (TPSA) is 43.1 Å². The van der Waals surface area contributed by atoms with Crippen molar-refractivity contribution >= 4 is 11.9 Å². The number of rotatable bonds is 2. The number of nitrogens with zero attached hydrogens (tertiary/aromatic N) is 4. The third-order valence-electron chi connectivity index (χ3n) is 1.81. The molecule has 4 nitrogen and oxygen atoms in total. The minimum absolute atomic E-state index is 0.641. The minimum Gasteiger partial charge on any atom is -0.219 e. The molecule has 0 spiro atoms. The molecule has 66 valence electrons. The number of fused-ring (bicyclic) bond motifs is 1. The summed E-state index contributed by atoms with van der Waals surface area (Å²) in [5.74, 6) is 1.45. The van der Waals surface area contributed by atoms with E-state index in [-0.39, 0.29) is 0 Å². The van der Waals surface area contributed by atoms with Crippen LogP contribution in [0.15, 0.2) is 19.0 Å². The van der Waals surface area contributed by atoms with E-state index in [0.717, 1.165) is 17.8 Å². The van der Waals surface area contributed by atoms with Gasteiger partial charge >= 0.3 is 0 Å². The Morgan fingerprint density at radius 1 is 1.62 bits per heavy atom. The minimum atomic E-state index is 0.641. The molecule has 0 atom stereocenters. The molecule has 0 aliphatic heterocycles. The highest BCUT2D eigenvalue weighted by Crippen LogP contribution is 2.02. The van der Waals surface area contributed by atoms with Crippen LogP contribution >= 0.6 is 0 Å². The van der Waals surface area contributed by atoms with Crippen LogP contribution in [0.3, 0.4) is 0 Å². The van der Waals surface area contributed by atoms with Gasteiger partial charge in [-0.05, 0) is 0 Å². The zero-order valence-electron chi connectivity index (χ0n) is 7.44. The van der Waals surface area contributed by atoms with Crippen molar-refractivity contribution in [3.8, 4) is 0 Å². The number of hydrogen-bond acceptors (Lipinski definition) is 3. The quantitative estimate of drug-likeness (QED) is 0.689. The molecular formula is C9H10N4. The molecule has 2 rings (SSSR count). The summed E-state index contributed by atoms with van der Waals surface area (Å²) >= 11 is 0. The molecule has 0 N–H and O–H groups in total. The Morgan fingerprint density at radius 3 is 3.15 bits per heavy atom. The summed E-state index contributed by atoms with van der Waals surface area (Å²) in [6.45, 7) is 5.68. The normalized spacial score (nSPS) is 10.5. The first-order valence-corrected chi connectivity index (χ1v) is 4.17. The Kier molecular flexibility index (Phi) is 1.81. The monoisotopic (exact) mass is 174 g/mol. The van der Waals surface area contributed by atoms with E-state index in [9.17, 15) is 0 Å². The summed E-state index contributed by atoms with van der Waals surface area (Å²) < 4.78 is 1.68. The van der Waals surface area contributed by atoms with E-state index in [1.807, 2.05) is 13.1 Å². The molecule has 0 unspecified atom stereocenters. The maximum absolute atomic E-state index is 4.24. The molecule has 0 fully saturated rings. The summed E-state index contributed by atoms with van der Waals surface area (Å²) in [5.41, 5.74) is 0.944. The van der Waals surface area contributed by atoms with Crippen molar-refractivity contribution in [3.05, 3.63) is 30.4 Å². The second kappa shape index (κ2) is 2.97. The van der Waals surface area contributed by atoms with Crippen LogP contribution < -0.4 is 0 Å². The van der Waals surface area contributed by atoms with E-state index in [2.05, 4.69) is 21.6 Å². The highest BCUT2D eigenvalue weighted by atomic mass is 15.3. The second-order valence-corrected chi connectivity index (χ2v) is 2.72. The first-order chi connectivity index (χ1) is 6.33. The molecule has 0 aliphatic carbocycles. The van der Waals surface area contributed by atoms with Crippen LogP contribution in [-0.2, 0) is 6.42 Å². The second-order valence-electron chi connectivity index (χ2n) is 2.72. The fourth-order valence-corrected chi connectivity index (χ4v) is 1.09. The van der Waals surface area contributed by atoms with Crippen molar-refractivity contribution in [2.24, 2.45) is 0 Å². The van der Waals surface area contributed by atoms with E-state index in [4.69, 9.17) is 0 Å². The molecule has 13 heavy (non-hydrogen) atoms. The first kappa shape index (κ1) is 7.91. The number of aromatic nitrogens is 4. The molecule has 2 aromatic rings. The van der Waals surface area contributed by atoms with Crippen LogP contribution in [0.5, 0.6) is 0 Å². The molecule has 0 aliphatic rings.